The standard InChI is InChI=1S/C17H27NO2/c1-13-9-15(11-18-3)10-14(2)16(13)20-12-17(19)7-5-4-6-8-17/h9-10,18-19H,4-8,11-12H2,1-3H3. The molecule has 0 saturated heterocycles. The minimum atomic E-state index is -0.624. The quantitative estimate of drug-likeness (QED) is 0.869. The van der Waals surface area contributed by atoms with Gasteiger partial charge in [0.05, 0.1) is 5.60 Å². The average molecular weight is 277 g/mol. The van der Waals surface area contributed by atoms with Crippen molar-refractivity contribution in [2.24, 2.45) is 0 Å². The third-order valence-corrected chi connectivity index (χ3v) is 4.17. The van der Waals surface area contributed by atoms with Gasteiger partial charge in [-0.25, -0.2) is 0 Å². The summed E-state index contributed by atoms with van der Waals surface area (Å²) < 4.78 is 5.97. The molecule has 2 rings (SSSR count). The molecule has 1 aromatic carbocycles. The molecule has 3 heteroatoms. The molecule has 2 N–H and O–H groups in total. The fourth-order valence-corrected chi connectivity index (χ4v) is 3.13. The molecule has 0 radical (unpaired) electrons. The Bertz CT molecular complexity index is 427. The minimum absolute atomic E-state index is 0.417. The third-order valence-electron chi connectivity index (χ3n) is 4.17. The Balaban J connectivity index is 2.05. The number of nitrogens with one attached hydrogen (secondary N) is 1. The first-order chi connectivity index (χ1) is 9.54. The largest absolute Gasteiger partial charge is 0.490 e. The van der Waals surface area contributed by atoms with Crippen molar-refractivity contribution >= 4 is 0 Å². The molecule has 112 valence electrons. The van der Waals surface area contributed by atoms with Gasteiger partial charge in [0, 0.05) is 6.54 Å². The van der Waals surface area contributed by atoms with E-state index in [0.29, 0.717) is 6.61 Å². The van der Waals surface area contributed by atoms with Gasteiger partial charge >= 0.3 is 0 Å². The molecule has 0 heterocycles. The van der Waals surface area contributed by atoms with Crippen molar-refractivity contribution in [3.63, 3.8) is 0 Å². The summed E-state index contributed by atoms with van der Waals surface area (Å²) in [5.74, 6) is 0.934. The van der Waals surface area contributed by atoms with E-state index in [-0.39, 0.29) is 0 Å². The predicted molar refractivity (Wildman–Crippen MR) is 82.2 cm³/mol. The Kier molecular flexibility index (Phi) is 5.06. The van der Waals surface area contributed by atoms with Crippen LogP contribution < -0.4 is 10.1 Å². The van der Waals surface area contributed by atoms with Crippen molar-refractivity contribution in [2.75, 3.05) is 13.7 Å². The lowest BCUT2D eigenvalue weighted by molar-refractivity contribution is -0.0341. The van der Waals surface area contributed by atoms with E-state index in [1.807, 2.05) is 7.05 Å². The highest BCUT2D eigenvalue weighted by molar-refractivity contribution is 5.43. The van der Waals surface area contributed by atoms with Gasteiger partial charge in [0.15, 0.2) is 0 Å². The van der Waals surface area contributed by atoms with Crippen LogP contribution in [0.4, 0.5) is 0 Å². The molecule has 1 aliphatic carbocycles. The molecule has 1 fully saturated rings. The van der Waals surface area contributed by atoms with Crippen molar-refractivity contribution in [1.82, 2.24) is 5.32 Å². The minimum Gasteiger partial charge on any atom is -0.490 e. The summed E-state index contributed by atoms with van der Waals surface area (Å²) >= 11 is 0. The second kappa shape index (κ2) is 6.59. The van der Waals surface area contributed by atoms with Crippen molar-refractivity contribution in [2.45, 2.75) is 58.1 Å². The van der Waals surface area contributed by atoms with Crippen LogP contribution in [0.3, 0.4) is 0 Å². The molecule has 0 spiro atoms. The smallest absolute Gasteiger partial charge is 0.125 e. The monoisotopic (exact) mass is 277 g/mol. The highest BCUT2D eigenvalue weighted by atomic mass is 16.5. The fourth-order valence-electron chi connectivity index (χ4n) is 3.13. The van der Waals surface area contributed by atoms with Gasteiger partial charge in [-0.2, -0.15) is 0 Å². The summed E-state index contributed by atoms with van der Waals surface area (Å²) in [4.78, 5) is 0. The Morgan fingerprint density at radius 3 is 2.30 bits per heavy atom. The van der Waals surface area contributed by atoms with E-state index in [1.165, 1.54) is 12.0 Å². The first-order valence-corrected chi connectivity index (χ1v) is 7.64. The molecule has 0 amide bonds. The molecule has 0 unspecified atom stereocenters. The first kappa shape index (κ1) is 15.3. The SMILES string of the molecule is CNCc1cc(C)c(OCC2(O)CCCCC2)c(C)c1. The zero-order valence-corrected chi connectivity index (χ0v) is 13.0. The van der Waals surface area contributed by atoms with Crippen LogP contribution in [0.1, 0.15) is 48.8 Å². The lowest BCUT2D eigenvalue weighted by Crippen LogP contribution is -2.38. The molecule has 1 aromatic rings. The summed E-state index contributed by atoms with van der Waals surface area (Å²) in [5.41, 5.74) is 2.94. The Labute approximate surface area is 122 Å². The fraction of sp³-hybridized carbons (Fsp3) is 0.647. The van der Waals surface area contributed by atoms with Gasteiger partial charge < -0.3 is 15.2 Å². The summed E-state index contributed by atoms with van der Waals surface area (Å²) in [7, 11) is 1.95. The molecular weight excluding hydrogens is 250 g/mol. The van der Waals surface area contributed by atoms with Crippen molar-refractivity contribution in [1.29, 1.82) is 0 Å². The Morgan fingerprint density at radius 1 is 1.15 bits per heavy atom. The zero-order valence-electron chi connectivity index (χ0n) is 13.0. The van der Waals surface area contributed by atoms with Crippen LogP contribution in [0, 0.1) is 13.8 Å². The van der Waals surface area contributed by atoms with Gasteiger partial charge in [0.2, 0.25) is 0 Å². The van der Waals surface area contributed by atoms with Gasteiger partial charge in [-0.1, -0.05) is 31.4 Å². The lowest BCUT2D eigenvalue weighted by Gasteiger charge is -2.32. The molecule has 0 aliphatic heterocycles. The number of aliphatic hydroxyl groups is 1. The molecule has 1 saturated carbocycles. The van der Waals surface area contributed by atoms with Gasteiger partial charge in [0.25, 0.3) is 0 Å². The predicted octanol–water partition coefficient (Wildman–Crippen LogP) is 3.10. The summed E-state index contributed by atoms with van der Waals surface area (Å²) in [6, 6.07) is 4.31. The highest BCUT2D eigenvalue weighted by Crippen LogP contribution is 2.31. The zero-order chi connectivity index (χ0) is 14.6. The van der Waals surface area contributed by atoms with Crippen LogP contribution in [0.2, 0.25) is 0 Å². The van der Waals surface area contributed by atoms with E-state index in [4.69, 9.17) is 4.74 Å². The van der Waals surface area contributed by atoms with Crippen molar-refractivity contribution in [3.8, 4) is 5.75 Å². The van der Waals surface area contributed by atoms with Crippen LogP contribution in [0.25, 0.3) is 0 Å². The van der Waals surface area contributed by atoms with Gasteiger partial charge in [0.1, 0.15) is 12.4 Å². The Hall–Kier alpha value is -1.06. The van der Waals surface area contributed by atoms with Crippen LogP contribution in [-0.4, -0.2) is 24.4 Å². The topological polar surface area (TPSA) is 41.5 Å². The Morgan fingerprint density at radius 2 is 1.75 bits per heavy atom. The van der Waals surface area contributed by atoms with Gasteiger partial charge in [-0.3, -0.25) is 0 Å². The maximum atomic E-state index is 10.5. The number of rotatable bonds is 5. The molecular formula is C17H27NO2. The number of hydrogen-bond donors (Lipinski definition) is 2. The molecule has 1 aliphatic rings. The molecule has 0 bridgehead atoms. The van der Waals surface area contributed by atoms with E-state index in [0.717, 1.165) is 49.1 Å². The van der Waals surface area contributed by atoms with Crippen LogP contribution in [0.5, 0.6) is 5.75 Å². The highest BCUT2D eigenvalue weighted by Gasteiger charge is 2.30. The van der Waals surface area contributed by atoms with E-state index >= 15 is 0 Å². The van der Waals surface area contributed by atoms with Crippen LogP contribution >= 0.6 is 0 Å². The second-order valence-electron chi connectivity index (χ2n) is 6.16. The molecule has 20 heavy (non-hydrogen) atoms. The number of benzene rings is 1. The number of hydrogen-bond acceptors (Lipinski definition) is 3. The third kappa shape index (κ3) is 3.74. The molecule has 0 atom stereocenters. The summed E-state index contributed by atoms with van der Waals surface area (Å²) in [5, 5.41) is 13.7. The maximum Gasteiger partial charge on any atom is 0.125 e. The van der Waals surface area contributed by atoms with E-state index < -0.39 is 5.60 Å². The van der Waals surface area contributed by atoms with E-state index in [1.54, 1.807) is 0 Å². The van der Waals surface area contributed by atoms with Crippen molar-refractivity contribution in [3.05, 3.63) is 28.8 Å². The van der Waals surface area contributed by atoms with Crippen molar-refractivity contribution < 1.29 is 9.84 Å². The number of ether oxygens (including phenoxy) is 1. The maximum absolute atomic E-state index is 10.5. The first-order valence-electron chi connectivity index (χ1n) is 7.64. The van der Waals surface area contributed by atoms with Gasteiger partial charge in [-0.05, 0) is 50.4 Å². The molecule has 0 aromatic heterocycles. The summed E-state index contributed by atoms with van der Waals surface area (Å²) in [6.07, 6.45) is 5.18. The lowest BCUT2D eigenvalue weighted by atomic mass is 9.85. The van der Waals surface area contributed by atoms with Crippen LogP contribution in [-0.2, 0) is 6.54 Å². The molecule has 3 nitrogen and oxygen atoms in total. The summed E-state index contributed by atoms with van der Waals surface area (Å²) in [6.45, 7) is 5.44. The van der Waals surface area contributed by atoms with E-state index in [9.17, 15) is 5.11 Å². The normalized spacial score (nSPS) is 18.0. The number of aryl methyl sites for hydroxylation is 2. The average Bonchev–Trinajstić information content (AvgIpc) is 2.39. The van der Waals surface area contributed by atoms with E-state index in [2.05, 4.69) is 31.3 Å². The van der Waals surface area contributed by atoms with Gasteiger partial charge in [-0.15, -0.1) is 0 Å². The second-order valence-corrected chi connectivity index (χ2v) is 6.16. The van der Waals surface area contributed by atoms with Crippen LogP contribution in [0.15, 0.2) is 12.1 Å².